The molecule has 2 amide bonds. The summed E-state index contributed by atoms with van der Waals surface area (Å²) in [5.74, 6) is -2.63. The summed E-state index contributed by atoms with van der Waals surface area (Å²) in [4.78, 5) is 24.7. The van der Waals surface area contributed by atoms with Gasteiger partial charge in [0.15, 0.2) is 5.69 Å². The summed E-state index contributed by atoms with van der Waals surface area (Å²) in [6, 6.07) is 7.82. The molecule has 0 aliphatic carbocycles. The van der Waals surface area contributed by atoms with Gasteiger partial charge < -0.3 is 10.6 Å². The Labute approximate surface area is 169 Å². The Hall–Kier alpha value is -3.33. The highest BCUT2D eigenvalue weighted by Gasteiger charge is 2.19. The normalized spacial score (nSPS) is 10.7. The molecule has 0 saturated heterocycles. The summed E-state index contributed by atoms with van der Waals surface area (Å²) in [6.45, 7) is 2.99. The standard InChI is InChI=1S/C19H16ClF2N5O2/c1-10-13(20)4-3-5-15(10)24-19(29)18-11(2)27(26-25-18)9-17(28)23-16-8-12(21)6-7-14(16)22/h3-8H,9H2,1-2H3,(H,23,28)(H,24,29). The van der Waals surface area contributed by atoms with Crippen LogP contribution in [-0.2, 0) is 11.3 Å². The fourth-order valence-electron chi connectivity index (χ4n) is 2.56. The maximum Gasteiger partial charge on any atom is 0.278 e. The number of hydrogen-bond donors (Lipinski definition) is 2. The minimum atomic E-state index is -0.771. The molecule has 3 rings (SSSR count). The van der Waals surface area contributed by atoms with Crippen LogP contribution in [0.1, 0.15) is 21.7 Å². The van der Waals surface area contributed by atoms with Crippen molar-refractivity contribution in [1.29, 1.82) is 0 Å². The summed E-state index contributed by atoms with van der Waals surface area (Å²) in [5, 5.41) is 13.1. The summed E-state index contributed by atoms with van der Waals surface area (Å²) in [5.41, 5.74) is 1.29. The van der Waals surface area contributed by atoms with E-state index < -0.39 is 23.4 Å². The first-order valence-electron chi connectivity index (χ1n) is 8.47. The molecule has 150 valence electrons. The highest BCUT2D eigenvalue weighted by atomic mass is 35.5. The smallest absolute Gasteiger partial charge is 0.278 e. The number of amides is 2. The van der Waals surface area contributed by atoms with E-state index in [0.717, 1.165) is 18.2 Å². The van der Waals surface area contributed by atoms with E-state index in [9.17, 15) is 18.4 Å². The number of carbonyl (C=O) groups is 2. The maximum absolute atomic E-state index is 13.6. The van der Waals surface area contributed by atoms with Gasteiger partial charge in [-0.3, -0.25) is 9.59 Å². The maximum atomic E-state index is 13.6. The molecular formula is C19H16ClF2N5O2. The van der Waals surface area contributed by atoms with Gasteiger partial charge in [-0.15, -0.1) is 5.10 Å². The van der Waals surface area contributed by atoms with Gasteiger partial charge in [-0.1, -0.05) is 22.9 Å². The SMILES string of the molecule is Cc1c(Cl)cccc1NC(=O)c1nnn(CC(=O)Nc2cc(F)ccc2F)c1C. The summed E-state index contributed by atoms with van der Waals surface area (Å²) < 4.78 is 28.0. The third-order valence-corrected chi connectivity index (χ3v) is 4.62. The van der Waals surface area contributed by atoms with Crippen molar-refractivity contribution in [1.82, 2.24) is 15.0 Å². The van der Waals surface area contributed by atoms with Gasteiger partial charge in [0.05, 0.1) is 11.4 Å². The molecule has 1 aromatic heterocycles. The molecule has 7 nitrogen and oxygen atoms in total. The Morgan fingerprint density at radius 2 is 1.86 bits per heavy atom. The molecule has 0 radical (unpaired) electrons. The van der Waals surface area contributed by atoms with Gasteiger partial charge in [-0.2, -0.15) is 0 Å². The molecule has 0 spiro atoms. The van der Waals surface area contributed by atoms with Crippen LogP contribution in [0.4, 0.5) is 20.2 Å². The quantitative estimate of drug-likeness (QED) is 0.659. The Balaban J connectivity index is 1.71. The van der Waals surface area contributed by atoms with Crippen LogP contribution in [0.5, 0.6) is 0 Å². The van der Waals surface area contributed by atoms with Crippen LogP contribution in [-0.4, -0.2) is 26.8 Å². The number of nitrogens with zero attached hydrogens (tertiary/aromatic N) is 3. The van der Waals surface area contributed by atoms with E-state index in [1.165, 1.54) is 4.68 Å². The lowest BCUT2D eigenvalue weighted by molar-refractivity contribution is -0.117. The van der Waals surface area contributed by atoms with Crippen molar-refractivity contribution in [2.75, 3.05) is 10.6 Å². The van der Waals surface area contributed by atoms with Crippen molar-refractivity contribution < 1.29 is 18.4 Å². The molecular weight excluding hydrogens is 404 g/mol. The third-order valence-electron chi connectivity index (χ3n) is 4.21. The van der Waals surface area contributed by atoms with Crippen molar-refractivity contribution >= 4 is 34.8 Å². The zero-order valence-electron chi connectivity index (χ0n) is 15.5. The predicted octanol–water partition coefficient (Wildman–Crippen LogP) is 3.72. The second-order valence-corrected chi connectivity index (χ2v) is 6.63. The number of carbonyl (C=O) groups excluding carboxylic acids is 2. The van der Waals surface area contributed by atoms with Gasteiger partial charge in [-0.25, -0.2) is 13.5 Å². The summed E-state index contributed by atoms with van der Waals surface area (Å²) in [6.07, 6.45) is 0. The first-order valence-corrected chi connectivity index (χ1v) is 8.85. The van der Waals surface area contributed by atoms with E-state index in [-0.39, 0.29) is 17.9 Å². The van der Waals surface area contributed by atoms with Crippen molar-refractivity contribution in [3.8, 4) is 0 Å². The van der Waals surface area contributed by atoms with Crippen LogP contribution in [0.25, 0.3) is 0 Å². The van der Waals surface area contributed by atoms with Crippen molar-refractivity contribution in [2.45, 2.75) is 20.4 Å². The number of nitrogens with one attached hydrogen (secondary N) is 2. The molecule has 0 unspecified atom stereocenters. The molecule has 10 heteroatoms. The van der Waals surface area contributed by atoms with Gasteiger partial charge in [0.25, 0.3) is 5.91 Å². The van der Waals surface area contributed by atoms with Crippen LogP contribution in [0.3, 0.4) is 0 Å². The van der Waals surface area contributed by atoms with Crippen LogP contribution in [0, 0.1) is 25.5 Å². The Bertz CT molecular complexity index is 1100. The average molecular weight is 420 g/mol. The Morgan fingerprint density at radius 3 is 2.62 bits per heavy atom. The first kappa shape index (κ1) is 20.4. The van der Waals surface area contributed by atoms with Crippen molar-refractivity contribution in [3.63, 3.8) is 0 Å². The number of aromatic nitrogens is 3. The van der Waals surface area contributed by atoms with Crippen LogP contribution >= 0.6 is 11.6 Å². The molecule has 0 saturated carbocycles. The number of halogens is 3. The molecule has 2 N–H and O–H groups in total. The predicted molar refractivity (Wildman–Crippen MR) is 104 cm³/mol. The summed E-state index contributed by atoms with van der Waals surface area (Å²) >= 11 is 6.05. The average Bonchev–Trinajstić information content (AvgIpc) is 3.02. The fourth-order valence-corrected chi connectivity index (χ4v) is 2.74. The van der Waals surface area contributed by atoms with Crippen LogP contribution in [0.2, 0.25) is 5.02 Å². The number of rotatable bonds is 5. The molecule has 0 atom stereocenters. The molecule has 0 bridgehead atoms. The van der Waals surface area contributed by atoms with E-state index in [1.54, 1.807) is 32.0 Å². The topological polar surface area (TPSA) is 88.9 Å². The van der Waals surface area contributed by atoms with E-state index in [2.05, 4.69) is 20.9 Å². The Kier molecular flexibility index (Phi) is 5.88. The molecule has 0 fully saturated rings. The molecule has 29 heavy (non-hydrogen) atoms. The first-order chi connectivity index (χ1) is 13.8. The van der Waals surface area contributed by atoms with E-state index in [0.29, 0.717) is 22.0 Å². The zero-order chi connectivity index (χ0) is 21.1. The fraction of sp³-hybridized carbons (Fsp3) is 0.158. The molecule has 2 aromatic carbocycles. The lowest BCUT2D eigenvalue weighted by Crippen LogP contribution is -2.21. The van der Waals surface area contributed by atoms with Gasteiger partial charge >= 0.3 is 0 Å². The molecule has 0 aliphatic heterocycles. The minimum absolute atomic E-state index is 0.0223. The lowest BCUT2D eigenvalue weighted by Gasteiger charge is -2.09. The van der Waals surface area contributed by atoms with Crippen molar-refractivity contribution in [3.05, 3.63) is 70.0 Å². The van der Waals surface area contributed by atoms with Gasteiger partial charge in [0.1, 0.15) is 18.2 Å². The van der Waals surface area contributed by atoms with E-state index >= 15 is 0 Å². The Morgan fingerprint density at radius 1 is 1.10 bits per heavy atom. The number of anilines is 2. The van der Waals surface area contributed by atoms with Gasteiger partial charge in [-0.05, 0) is 43.7 Å². The largest absolute Gasteiger partial charge is 0.322 e. The second-order valence-electron chi connectivity index (χ2n) is 6.22. The molecule has 3 aromatic rings. The highest BCUT2D eigenvalue weighted by molar-refractivity contribution is 6.31. The van der Waals surface area contributed by atoms with E-state index in [4.69, 9.17) is 11.6 Å². The second kappa shape index (κ2) is 8.36. The molecule has 0 aliphatic rings. The molecule has 1 heterocycles. The van der Waals surface area contributed by atoms with Crippen LogP contribution in [0.15, 0.2) is 36.4 Å². The highest BCUT2D eigenvalue weighted by Crippen LogP contribution is 2.23. The minimum Gasteiger partial charge on any atom is -0.322 e. The summed E-state index contributed by atoms with van der Waals surface area (Å²) in [7, 11) is 0. The zero-order valence-corrected chi connectivity index (χ0v) is 16.2. The lowest BCUT2D eigenvalue weighted by atomic mass is 10.2. The third kappa shape index (κ3) is 4.57. The number of hydrogen-bond acceptors (Lipinski definition) is 4. The van der Waals surface area contributed by atoms with Crippen molar-refractivity contribution in [2.24, 2.45) is 0 Å². The van der Waals surface area contributed by atoms with Crippen LogP contribution < -0.4 is 10.6 Å². The monoisotopic (exact) mass is 419 g/mol. The number of benzene rings is 2. The van der Waals surface area contributed by atoms with Gasteiger partial charge in [0.2, 0.25) is 5.91 Å². The van der Waals surface area contributed by atoms with E-state index in [1.807, 2.05) is 0 Å². The van der Waals surface area contributed by atoms with Gasteiger partial charge in [0, 0.05) is 16.8 Å².